The van der Waals surface area contributed by atoms with E-state index in [1.54, 1.807) is 12.4 Å². The Morgan fingerprint density at radius 3 is 2.94 bits per heavy atom. The number of hydrogen-bond acceptors (Lipinski definition) is 3. The highest BCUT2D eigenvalue weighted by Gasteiger charge is 2.06. The first-order valence-electron chi connectivity index (χ1n) is 4.79. The standard InChI is InChI=1S/C10H9N5O/c1-14-5-8(12-6-14)7-4-9-11-3-2-10(16)15(9)13-7/h2-6,13H,1H3. The molecule has 0 aromatic carbocycles. The predicted octanol–water partition coefficient (Wildman–Crippen LogP) is 0.423. The summed E-state index contributed by atoms with van der Waals surface area (Å²) in [7, 11) is 1.89. The van der Waals surface area contributed by atoms with Crippen LogP contribution in [-0.4, -0.2) is 24.1 Å². The number of imidazole rings is 1. The number of H-pyrrole nitrogens is 1. The predicted molar refractivity (Wildman–Crippen MR) is 58.0 cm³/mol. The monoisotopic (exact) mass is 215 g/mol. The zero-order valence-corrected chi connectivity index (χ0v) is 8.58. The molecule has 6 nitrogen and oxygen atoms in total. The fraction of sp³-hybridized carbons (Fsp3) is 0.100. The number of aromatic amines is 1. The molecule has 3 rings (SSSR count). The van der Waals surface area contributed by atoms with Gasteiger partial charge in [-0.3, -0.25) is 9.89 Å². The summed E-state index contributed by atoms with van der Waals surface area (Å²) in [6, 6.07) is 3.20. The lowest BCUT2D eigenvalue weighted by atomic mass is 10.3. The number of rotatable bonds is 1. The normalized spacial score (nSPS) is 11.1. The zero-order chi connectivity index (χ0) is 11.1. The van der Waals surface area contributed by atoms with Crippen molar-refractivity contribution in [1.29, 1.82) is 0 Å². The lowest BCUT2D eigenvalue weighted by Gasteiger charge is -1.89. The Morgan fingerprint density at radius 1 is 1.38 bits per heavy atom. The van der Waals surface area contributed by atoms with Crippen molar-refractivity contribution >= 4 is 5.65 Å². The van der Waals surface area contributed by atoms with E-state index in [2.05, 4.69) is 15.1 Å². The molecule has 0 aliphatic heterocycles. The zero-order valence-electron chi connectivity index (χ0n) is 8.58. The number of aryl methyl sites for hydroxylation is 1. The average molecular weight is 215 g/mol. The quantitative estimate of drug-likeness (QED) is 0.639. The molecule has 3 heterocycles. The van der Waals surface area contributed by atoms with Crippen molar-refractivity contribution in [1.82, 2.24) is 24.1 Å². The fourth-order valence-corrected chi connectivity index (χ4v) is 1.60. The maximum atomic E-state index is 11.5. The van der Waals surface area contributed by atoms with E-state index in [4.69, 9.17) is 0 Å². The van der Waals surface area contributed by atoms with Crippen LogP contribution < -0.4 is 5.56 Å². The molecule has 0 amide bonds. The van der Waals surface area contributed by atoms with Gasteiger partial charge in [0.15, 0.2) is 5.65 Å². The van der Waals surface area contributed by atoms with Crippen molar-refractivity contribution in [3.63, 3.8) is 0 Å². The molecule has 3 aromatic rings. The smallest absolute Gasteiger partial charge is 0.272 e. The van der Waals surface area contributed by atoms with Crippen LogP contribution in [0.5, 0.6) is 0 Å². The molecule has 0 bridgehead atoms. The molecule has 0 saturated carbocycles. The molecule has 0 spiro atoms. The van der Waals surface area contributed by atoms with Gasteiger partial charge in [0, 0.05) is 31.6 Å². The van der Waals surface area contributed by atoms with Crippen LogP contribution in [0.25, 0.3) is 17.0 Å². The Morgan fingerprint density at radius 2 is 2.25 bits per heavy atom. The largest absolute Gasteiger partial charge is 0.340 e. The minimum Gasteiger partial charge on any atom is -0.340 e. The maximum absolute atomic E-state index is 11.5. The number of aromatic nitrogens is 5. The van der Waals surface area contributed by atoms with Crippen molar-refractivity contribution < 1.29 is 0 Å². The van der Waals surface area contributed by atoms with Gasteiger partial charge in [0.25, 0.3) is 5.56 Å². The van der Waals surface area contributed by atoms with Gasteiger partial charge >= 0.3 is 0 Å². The van der Waals surface area contributed by atoms with Gasteiger partial charge in [-0.25, -0.2) is 14.5 Å². The van der Waals surface area contributed by atoms with Crippen molar-refractivity contribution in [2.75, 3.05) is 0 Å². The third-order valence-electron chi connectivity index (χ3n) is 2.36. The molecule has 16 heavy (non-hydrogen) atoms. The second-order valence-corrected chi connectivity index (χ2v) is 3.57. The van der Waals surface area contributed by atoms with E-state index in [0.717, 1.165) is 11.4 Å². The Hall–Kier alpha value is -2.37. The Bertz CT molecular complexity index is 705. The number of fused-ring (bicyclic) bond motifs is 1. The third kappa shape index (κ3) is 1.23. The topological polar surface area (TPSA) is 68.0 Å². The van der Waals surface area contributed by atoms with Gasteiger partial charge in [-0.15, -0.1) is 0 Å². The molecule has 80 valence electrons. The summed E-state index contributed by atoms with van der Waals surface area (Å²) in [5.74, 6) is 0. The van der Waals surface area contributed by atoms with Gasteiger partial charge in [0.2, 0.25) is 0 Å². The van der Waals surface area contributed by atoms with E-state index in [1.165, 1.54) is 16.8 Å². The van der Waals surface area contributed by atoms with E-state index < -0.39 is 0 Å². The third-order valence-corrected chi connectivity index (χ3v) is 2.36. The first kappa shape index (κ1) is 8.90. The minimum atomic E-state index is -0.132. The van der Waals surface area contributed by atoms with Crippen LogP contribution in [0, 0.1) is 0 Å². The summed E-state index contributed by atoms with van der Waals surface area (Å²) >= 11 is 0. The molecule has 0 saturated heterocycles. The SMILES string of the molecule is Cn1cnc(-c2cc3nccc(=O)n3[nH]2)c1. The van der Waals surface area contributed by atoms with E-state index >= 15 is 0 Å². The van der Waals surface area contributed by atoms with Crippen molar-refractivity contribution in [3.8, 4) is 11.4 Å². The second-order valence-electron chi connectivity index (χ2n) is 3.57. The van der Waals surface area contributed by atoms with Crippen LogP contribution in [0.4, 0.5) is 0 Å². The van der Waals surface area contributed by atoms with Gasteiger partial charge in [-0.2, -0.15) is 0 Å². The summed E-state index contributed by atoms with van der Waals surface area (Å²) in [6.45, 7) is 0. The van der Waals surface area contributed by atoms with Gasteiger partial charge < -0.3 is 4.57 Å². The second kappa shape index (κ2) is 3.06. The van der Waals surface area contributed by atoms with Crippen LogP contribution in [0.15, 0.2) is 35.6 Å². The Balaban J connectivity index is 2.26. The number of nitrogens with one attached hydrogen (secondary N) is 1. The summed E-state index contributed by atoms with van der Waals surface area (Å²) < 4.78 is 3.24. The van der Waals surface area contributed by atoms with Crippen LogP contribution >= 0.6 is 0 Å². The lowest BCUT2D eigenvalue weighted by Crippen LogP contribution is -2.12. The van der Waals surface area contributed by atoms with Crippen LogP contribution in [-0.2, 0) is 7.05 Å². The highest BCUT2D eigenvalue weighted by atomic mass is 16.1. The average Bonchev–Trinajstić information content (AvgIpc) is 2.84. The highest BCUT2D eigenvalue weighted by Crippen LogP contribution is 2.14. The molecule has 0 aliphatic carbocycles. The molecule has 0 unspecified atom stereocenters. The van der Waals surface area contributed by atoms with Crippen molar-refractivity contribution in [2.24, 2.45) is 7.05 Å². The van der Waals surface area contributed by atoms with E-state index in [9.17, 15) is 4.79 Å². The van der Waals surface area contributed by atoms with Gasteiger partial charge in [-0.1, -0.05) is 0 Å². The van der Waals surface area contributed by atoms with E-state index in [1.807, 2.05) is 17.8 Å². The summed E-state index contributed by atoms with van der Waals surface area (Å²) in [6.07, 6.45) is 5.07. The Kier molecular flexibility index (Phi) is 1.70. The van der Waals surface area contributed by atoms with Crippen molar-refractivity contribution in [2.45, 2.75) is 0 Å². The molecular formula is C10H9N5O. The molecule has 0 aliphatic rings. The molecule has 0 radical (unpaired) electrons. The molecule has 6 heteroatoms. The molecular weight excluding hydrogens is 206 g/mol. The first-order valence-corrected chi connectivity index (χ1v) is 4.79. The lowest BCUT2D eigenvalue weighted by molar-refractivity contribution is 0.900. The van der Waals surface area contributed by atoms with Gasteiger partial charge in [0.05, 0.1) is 12.0 Å². The molecule has 0 atom stereocenters. The minimum absolute atomic E-state index is 0.132. The van der Waals surface area contributed by atoms with Crippen LogP contribution in [0.1, 0.15) is 0 Å². The molecule has 1 N–H and O–H groups in total. The highest BCUT2D eigenvalue weighted by molar-refractivity contribution is 5.59. The van der Waals surface area contributed by atoms with E-state index in [-0.39, 0.29) is 5.56 Å². The molecule has 0 fully saturated rings. The van der Waals surface area contributed by atoms with E-state index in [0.29, 0.717) is 5.65 Å². The van der Waals surface area contributed by atoms with Gasteiger partial charge in [-0.05, 0) is 0 Å². The summed E-state index contributed by atoms with van der Waals surface area (Å²) in [4.78, 5) is 19.8. The number of nitrogens with zero attached hydrogens (tertiary/aromatic N) is 4. The van der Waals surface area contributed by atoms with Gasteiger partial charge in [0.1, 0.15) is 5.69 Å². The van der Waals surface area contributed by atoms with Crippen LogP contribution in [0.2, 0.25) is 0 Å². The summed E-state index contributed by atoms with van der Waals surface area (Å²) in [5.41, 5.74) is 2.02. The summed E-state index contributed by atoms with van der Waals surface area (Å²) in [5, 5.41) is 2.96. The van der Waals surface area contributed by atoms with Crippen molar-refractivity contribution in [3.05, 3.63) is 41.2 Å². The number of hydrogen-bond donors (Lipinski definition) is 1. The Labute approximate surface area is 90.2 Å². The molecule has 3 aromatic heterocycles. The van der Waals surface area contributed by atoms with Crippen LogP contribution in [0.3, 0.4) is 0 Å². The maximum Gasteiger partial charge on any atom is 0.272 e. The fourth-order valence-electron chi connectivity index (χ4n) is 1.60. The first-order chi connectivity index (χ1) is 7.74.